The van der Waals surface area contributed by atoms with Crippen molar-refractivity contribution in [3.05, 3.63) is 75.6 Å². The standard InChI is InChI=1S/C24H24FN3O2/c25-18-3-1-2-16(10-18)14-28-22-8-4-15(13-26-30)11-20(22)21-12-19(7-9-23(21)28)27-24(29)17-5-6-17/h1-4,8,10-11,17,19H,5-7,9,12-14H2,(H,27,29)/t19-/m1/s1. The highest BCUT2D eigenvalue weighted by Crippen LogP contribution is 2.35. The van der Waals surface area contributed by atoms with Crippen LogP contribution in [0.1, 0.15) is 41.6 Å². The molecule has 6 heteroatoms. The average molecular weight is 405 g/mol. The van der Waals surface area contributed by atoms with Crippen LogP contribution >= 0.6 is 0 Å². The van der Waals surface area contributed by atoms with Gasteiger partial charge >= 0.3 is 0 Å². The van der Waals surface area contributed by atoms with Crippen molar-refractivity contribution in [1.29, 1.82) is 0 Å². The van der Waals surface area contributed by atoms with Crippen molar-refractivity contribution >= 4 is 16.8 Å². The summed E-state index contributed by atoms with van der Waals surface area (Å²) in [6, 6.07) is 12.8. The van der Waals surface area contributed by atoms with Crippen molar-refractivity contribution in [2.45, 2.75) is 51.2 Å². The van der Waals surface area contributed by atoms with E-state index >= 15 is 0 Å². The summed E-state index contributed by atoms with van der Waals surface area (Å²) in [7, 11) is 0. The molecule has 2 aliphatic carbocycles. The van der Waals surface area contributed by atoms with Crippen LogP contribution in [0.2, 0.25) is 0 Å². The van der Waals surface area contributed by atoms with Gasteiger partial charge in [-0.15, -0.1) is 0 Å². The topological polar surface area (TPSA) is 63.5 Å². The molecule has 1 N–H and O–H groups in total. The molecule has 0 radical (unpaired) electrons. The van der Waals surface area contributed by atoms with Crippen molar-refractivity contribution < 1.29 is 9.18 Å². The van der Waals surface area contributed by atoms with Crippen LogP contribution in [0.15, 0.2) is 47.6 Å². The molecule has 1 saturated carbocycles. The lowest BCUT2D eigenvalue weighted by Gasteiger charge is -2.25. The number of fused-ring (bicyclic) bond motifs is 3. The van der Waals surface area contributed by atoms with E-state index in [1.54, 1.807) is 12.1 Å². The summed E-state index contributed by atoms with van der Waals surface area (Å²) in [4.78, 5) is 23.1. The fraction of sp³-hybridized carbons (Fsp3) is 0.375. The molecule has 5 rings (SSSR count). The van der Waals surface area contributed by atoms with Gasteiger partial charge in [0, 0.05) is 35.1 Å². The van der Waals surface area contributed by atoms with Crippen molar-refractivity contribution in [3.63, 3.8) is 0 Å². The zero-order valence-electron chi connectivity index (χ0n) is 16.7. The molecule has 154 valence electrons. The first-order valence-corrected chi connectivity index (χ1v) is 10.6. The van der Waals surface area contributed by atoms with Gasteiger partial charge in [-0.2, -0.15) is 4.91 Å². The third-order valence-corrected chi connectivity index (χ3v) is 6.30. The number of hydrogen-bond donors (Lipinski definition) is 1. The largest absolute Gasteiger partial charge is 0.353 e. The number of amides is 1. The van der Waals surface area contributed by atoms with E-state index in [9.17, 15) is 14.1 Å². The van der Waals surface area contributed by atoms with Gasteiger partial charge in [-0.1, -0.05) is 23.4 Å². The lowest BCUT2D eigenvalue weighted by molar-refractivity contribution is -0.123. The number of rotatable bonds is 6. The van der Waals surface area contributed by atoms with Crippen molar-refractivity contribution in [2.24, 2.45) is 11.1 Å². The molecular weight excluding hydrogens is 381 g/mol. The molecule has 1 heterocycles. The number of carbonyl (C=O) groups is 1. The van der Waals surface area contributed by atoms with E-state index in [2.05, 4.69) is 15.1 Å². The molecule has 2 aliphatic rings. The molecule has 2 aromatic carbocycles. The second-order valence-electron chi connectivity index (χ2n) is 8.50. The number of halogens is 1. The molecule has 0 aliphatic heterocycles. The maximum Gasteiger partial charge on any atom is 0.223 e. The van der Waals surface area contributed by atoms with Gasteiger partial charge < -0.3 is 9.88 Å². The predicted octanol–water partition coefficient (Wildman–Crippen LogP) is 4.48. The Balaban J connectivity index is 1.53. The van der Waals surface area contributed by atoms with Crippen molar-refractivity contribution in [1.82, 2.24) is 9.88 Å². The Kier molecular flexibility index (Phi) is 4.85. The number of nitrogens with zero attached hydrogens (tertiary/aromatic N) is 2. The fourth-order valence-corrected chi connectivity index (χ4v) is 4.66. The zero-order chi connectivity index (χ0) is 20.7. The minimum absolute atomic E-state index is 0.131. The second kappa shape index (κ2) is 7.67. The predicted molar refractivity (Wildman–Crippen MR) is 114 cm³/mol. The Morgan fingerprint density at radius 3 is 2.77 bits per heavy atom. The maximum absolute atomic E-state index is 13.7. The SMILES string of the molecule is O=NCc1ccc2c(c1)c1c(n2Cc2cccc(F)c2)CC[C@@H](NC(=O)C2CC2)C1. The summed E-state index contributed by atoms with van der Waals surface area (Å²) in [5, 5.41) is 7.37. The van der Waals surface area contributed by atoms with E-state index in [1.165, 1.54) is 17.3 Å². The zero-order valence-corrected chi connectivity index (χ0v) is 16.7. The average Bonchev–Trinajstić information content (AvgIpc) is 3.54. The third kappa shape index (κ3) is 3.62. The molecule has 1 atom stereocenters. The summed E-state index contributed by atoms with van der Waals surface area (Å²) in [6.45, 7) is 0.732. The first-order valence-electron chi connectivity index (χ1n) is 10.6. The fourth-order valence-electron chi connectivity index (χ4n) is 4.66. The van der Waals surface area contributed by atoms with Crippen LogP contribution in [-0.2, 0) is 30.7 Å². The van der Waals surface area contributed by atoms with Gasteiger partial charge in [0.25, 0.3) is 0 Å². The molecular formula is C24H24FN3O2. The number of carbonyl (C=O) groups excluding carboxylic acids is 1. The van der Waals surface area contributed by atoms with E-state index in [0.29, 0.717) is 6.54 Å². The smallest absolute Gasteiger partial charge is 0.223 e. The Morgan fingerprint density at radius 2 is 2.00 bits per heavy atom. The van der Waals surface area contributed by atoms with Crippen LogP contribution in [0.3, 0.4) is 0 Å². The Hall–Kier alpha value is -3.02. The van der Waals surface area contributed by atoms with Crippen LogP contribution in [0, 0.1) is 16.6 Å². The number of hydrogen-bond acceptors (Lipinski definition) is 3. The van der Waals surface area contributed by atoms with Gasteiger partial charge in [-0.05, 0) is 73.1 Å². The van der Waals surface area contributed by atoms with Crippen LogP contribution < -0.4 is 5.32 Å². The van der Waals surface area contributed by atoms with E-state index in [-0.39, 0.29) is 30.2 Å². The number of benzene rings is 2. The van der Waals surface area contributed by atoms with Crippen LogP contribution in [0.5, 0.6) is 0 Å². The first kappa shape index (κ1) is 19.0. The number of aromatic nitrogens is 1. The molecule has 0 saturated heterocycles. The van der Waals surface area contributed by atoms with E-state index in [1.807, 2.05) is 24.3 Å². The lowest BCUT2D eigenvalue weighted by atomic mass is 9.91. The monoisotopic (exact) mass is 405 g/mol. The van der Waals surface area contributed by atoms with E-state index in [4.69, 9.17) is 0 Å². The van der Waals surface area contributed by atoms with Gasteiger partial charge in [-0.3, -0.25) is 4.79 Å². The first-order chi connectivity index (χ1) is 14.6. The van der Waals surface area contributed by atoms with Crippen LogP contribution in [0.4, 0.5) is 4.39 Å². The van der Waals surface area contributed by atoms with Gasteiger partial charge in [0.2, 0.25) is 5.91 Å². The summed E-state index contributed by atoms with van der Waals surface area (Å²) < 4.78 is 16.0. The highest BCUT2D eigenvalue weighted by Gasteiger charge is 2.33. The highest BCUT2D eigenvalue weighted by molar-refractivity contribution is 5.87. The maximum atomic E-state index is 13.7. The Bertz CT molecular complexity index is 1130. The molecule has 0 bridgehead atoms. The van der Waals surface area contributed by atoms with E-state index < -0.39 is 0 Å². The van der Waals surface area contributed by atoms with Gasteiger partial charge in [0.1, 0.15) is 12.4 Å². The van der Waals surface area contributed by atoms with E-state index in [0.717, 1.165) is 54.1 Å². The van der Waals surface area contributed by atoms with Crippen molar-refractivity contribution in [2.75, 3.05) is 0 Å². The minimum Gasteiger partial charge on any atom is -0.353 e. The summed E-state index contributed by atoms with van der Waals surface area (Å²) >= 11 is 0. The molecule has 1 aromatic heterocycles. The molecule has 0 spiro atoms. The molecule has 5 nitrogen and oxygen atoms in total. The van der Waals surface area contributed by atoms with Crippen LogP contribution in [-0.4, -0.2) is 16.5 Å². The highest BCUT2D eigenvalue weighted by atomic mass is 19.1. The number of nitroso groups, excluding NO2 is 1. The quantitative estimate of drug-likeness (QED) is 0.615. The van der Waals surface area contributed by atoms with Gasteiger partial charge in [-0.25, -0.2) is 4.39 Å². The molecule has 30 heavy (non-hydrogen) atoms. The van der Waals surface area contributed by atoms with Gasteiger partial charge in [0.15, 0.2) is 0 Å². The summed E-state index contributed by atoms with van der Waals surface area (Å²) in [5.41, 5.74) is 5.34. The molecule has 3 aromatic rings. The summed E-state index contributed by atoms with van der Waals surface area (Å²) in [5.74, 6) is 0.142. The van der Waals surface area contributed by atoms with Gasteiger partial charge in [0.05, 0.1) is 0 Å². The summed E-state index contributed by atoms with van der Waals surface area (Å²) in [6.07, 6.45) is 4.53. The lowest BCUT2D eigenvalue weighted by Crippen LogP contribution is -2.39. The second-order valence-corrected chi connectivity index (χ2v) is 8.50. The third-order valence-electron chi connectivity index (χ3n) is 6.30. The molecule has 1 amide bonds. The molecule has 0 unspecified atom stereocenters. The number of nitrogens with one attached hydrogen (secondary N) is 1. The minimum atomic E-state index is -0.236. The Labute approximate surface area is 174 Å². The van der Waals surface area contributed by atoms with Crippen LogP contribution in [0.25, 0.3) is 10.9 Å². The molecule has 1 fully saturated rings. The normalized spacial score (nSPS) is 18.2. The Morgan fingerprint density at radius 1 is 1.13 bits per heavy atom. The van der Waals surface area contributed by atoms with Crippen molar-refractivity contribution in [3.8, 4) is 0 Å².